The molecule has 1 aromatic carbocycles. The molecule has 2 aromatic heterocycles. The summed E-state index contributed by atoms with van der Waals surface area (Å²) in [5, 5.41) is 5.66. The highest BCUT2D eigenvalue weighted by atomic mass is 35.5. The molecule has 5 rings (SSSR count). The van der Waals surface area contributed by atoms with E-state index in [0.717, 1.165) is 47.3 Å². The van der Waals surface area contributed by atoms with E-state index in [1.54, 1.807) is 18.5 Å². The molecule has 4 heterocycles. The van der Waals surface area contributed by atoms with Gasteiger partial charge in [-0.3, -0.25) is 19.7 Å². The molecule has 2 aliphatic heterocycles. The zero-order valence-corrected chi connectivity index (χ0v) is 22.4. The molecule has 2 aliphatic rings. The molecule has 0 bridgehead atoms. The number of carbonyl (C=O) groups excluding carboxylic acids is 1. The number of rotatable bonds is 5. The number of pyridine rings is 1. The van der Waals surface area contributed by atoms with E-state index in [1.165, 1.54) is 0 Å². The van der Waals surface area contributed by atoms with Gasteiger partial charge in [0.25, 0.3) is 0 Å². The highest BCUT2D eigenvalue weighted by Gasteiger charge is 2.39. The van der Waals surface area contributed by atoms with Crippen LogP contribution in [0.1, 0.15) is 34.6 Å². The summed E-state index contributed by atoms with van der Waals surface area (Å²) in [4.78, 5) is 30.6. The van der Waals surface area contributed by atoms with Gasteiger partial charge >= 0.3 is 0 Å². The van der Waals surface area contributed by atoms with E-state index >= 15 is 0 Å². The standard InChI is InChI=1S/C27H35ClN6O2/c1-26(2,3)15-33-9-8-30-23(33)13-34-16-27(4,5)36-14-22(34)25(35)32-20-11-17(28)10-19-18-6-7-29-12-21(18)31-24(19)20/h6-7,10-12,22,31H,8-9,13-16H2,1-5H3,(H,32,35)/t22-/m0/s1. The Morgan fingerprint density at radius 2 is 2.11 bits per heavy atom. The summed E-state index contributed by atoms with van der Waals surface area (Å²) in [6.07, 6.45) is 3.53. The van der Waals surface area contributed by atoms with Crippen LogP contribution in [0, 0.1) is 5.41 Å². The molecule has 9 heteroatoms. The van der Waals surface area contributed by atoms with Crippen molar-refractivity contribution in [3.8, 4) is 0 Å². The number of aliphatic imine (C=N–C) groups is 1. The van der Waals surface area contributed by atoms with Crippen LogP contribution in [0.4, 0.5) is 5.69 Å². The van der Waals surface area contributed by atoms with Crippen LogP contribution in [0.15, 0.2) is 35.6 Å². The van der Waals surface area contributed by atoms with Crippen LogP contribution >= 0.6 is 11.6 Å². The lowest BCUT2D eigenvalue weighted by Crippen LogP contribution is -2.60. The van der Waals surface area contributed by atoms with Crippen molar-refractivity contribution in [1.82, 2.24) is 19.8 Å². The topological polar surface area (TPSA) is 85.9 Å². The zero-order valence-electron chi connectivity index (χ0n) is 21.7. The number of fused-ring (bicyclic) bond motifs is 3. The first-order valence-electron chi connectivity index (χ1n) is 12.5. The number of aromatic amines is 1. The number of aromatic nitrogens is 2. The second kappa shape index (κ2) is 9.32. The van der Waals surface area contributed by atoms with Crippen LogP contribution < -0.4 is 5.32 Å². The maximum Gasteiger partial charge on any atom is 0.244 e. The number of benzene rings is 1. The molecule has 1 fully saturated rings. The minimum absolute atomic E-state index is 0.119. The van der Waals surface area contributed by atoms with Crippen LogP contribution in [0.25, 0.3) is 21.8 Å². The van der Waals surface area contributed by atoms with E-state index in [9.17, 15) is 4.79 Å². The molecular weight excluding hydrogens is 476 g/mol. The van der Waals surface area contributed by atoms with E-state index < -0.39 is 6.04 Å². The molecule has 36 heavy (non-hydrogen) atoms. The van der Waals surface area contributed by atoms with Gasteiger partial charge in [-0.1, -0.05) is 32.4 Å². The third kappa shape index (κ3) is 5.21. The summed E-state index contributed by atoms with van der Waals surface area (Å²) >= 11 is 6.46. The Morgan fingerprint density at radius 1 is 1.31 bits per heavy atom. The fourth-order valence-electron chi connectivity index (χ4n) is 5.20. The predicted octanol–water partition coefficient (Wildman–Crippen LogP) is 4.55. The highest BCUT2D eigenvalue weighted by molar-refractivity contribution is 6.33. The van der Waals surface area contributed by atoms with Crippen molar-refractivity contribution in [3.05, 3.63) is 35.6 Å². The molecule has 3 aromatic rings. The second-order valence-corrected chi connectivity index (χ2v) is 12.1. The lowest BCUT2D eigenvalue weighted by molar-refractivity contribution is -0.141. The number of carbonyl (C=O) groups is 1. The fourth-order valence-corrected chi connectivity index (χ4v) is 5.42. The van der Waals surface area contributed by atoms with E-state index in [2.05, 4.69) is 59.7 Å². The van der Waals surface area contributed by atoms with E-state index in [1.807, 2.05) is 12.1 Å². The summed E-state index contributed by atoms with van der Waals surface area (Å²) in [5.41, 5.74) is 2.19. The van der Waals surface area contributed by atoms with Crippen LogP contribution in [-0.2, 0) is 9.53 Å². The molecule has 0 radical (unpaired) electrons. The van der Waals surface area contributed by atoms with Gasteiger partial charge in [0.2, 0.25) is 5.91 Å². The van der Waals surface area contributed by atoms with Gasteiger partial charge < -0.3 is 19.9 Å². The number of hydrogen-bond acceptors (Lipinski definition) is 6. The molecule has 0 unspecified atom stereocenters. The largest absolute Gasteiger partial charge is 0.372 e. The first kappa shape index (κ1) is 25.0. The van der Waals surface area contributed by atoms with Gasteiger partial charge in [0.15, 0.2) is 0 Å². The number of anilines is 1. The maximum absolute atomic E-state index is 13.7. The number of ether oxygens (including phenoxy) is 1. The first-order chi connectivity index (χ1) is 17.0. The Morgan fingerprint density at radius 3 is 2.89 bits per heavy atom. The Kier molecular flexibility index (Phi) is 6.47. The molecule has 0 saturated carbocycles. The van der Waals surface area contributed by atoms with Crippen molar-refractivity contribution < 1.29 is 9.53 Å². The normalized spacial score (nSPS) is 20.8. The number of amides is 1. The monoisotopic (exact) mass is 510 g/mol. The van der Waals surface area contributed by atoms with Crippen LogP contribution in [-0.4, -0.2) is 82.5 Å². The van der Waals surface area contributed by atoms with E-state index in [4.69, 9.17) is 21.3 Å². The Labute approximate surface area is 217 Å². The molecule has 8 nitrogen and oxygen atoms in total. The van der Waals surface area contributed by atoms with Gasteiger partial charge in [0.1, 0.15) is 11.9 Å². The number of nitrogens with zero attached hydrogens (tertiary/aromatic N) is 4. The highest BCUT2D eigenvalue weighted by Crippen LogP contribution is 2.33. The molecule has 1 amide bonds. The SMILES string of the molecule is CC(C)(C)CN1CCN=C1CN1CC(C)(C)OC[C@H]1C(=O)Nc1cc(Cl)cc2c1[nH]c1cnccc12. The summed E-state index contributed by atoms with van der Waals surface area (Å²) in [7, 11) is 0. The average molecular weight is 511 g/mol. The van der Waals surface area contributed by atoms with Gasteiger partial charge in [-0.25, -0.2) is 0 Å². The Hall–Kier alpha value is -2.68. The lowest BCUT2D eigenvalue weighted by atomic mass is 9.96. The van der Waals surface area contributed by atoms with Gasteiger partial charge in [-0.15, -0.1) is 0 Å². The number of nitrogens with one attached hydrogen (secondary N) is 2. The molecule has 1 saturated heterocycles. The molecule has 0 spiro atoms. The van der Waals surface area contributed by atoms with Crippen molar-refractivity contribution >= 4 is 50.8 Å². The molecule has 0 aliphatic carbocycles. The summed E-state index contributed by atoms with van der Waals surface area (Å²) in [5.74, 6) is 0.931. The average Bonchev–Trinajstić information content (AvgIpc) is 3.36. The lowest BCUT2D eigenvalue weighted by Gasteiger charge is -2.43. The second-order valence-electron chi connectivity index (χ2n) is 11.7. The smallest absolute Gasteiger partial charge is 0.244 e. The van der Waals surface area contributed by atoms with Crippen molar-refractivity contribution in [2.75, 3.05) is 44.6 Å². The maximum atomic E-state index is 13.7. The zero-order chi connectivity index (χ0) is 25.7. The van der Waals surface area contributed by atoms with Crippen molar-refractivity contribution in [2.45, 2.75) is 46.3 Å². The van der Waals surface area contributed by atoms with Gasteiger partial charge in [0, 0.05) is 41.6 Å². The Bertz CT molecular complexity index is 1330. The third-order valence-electron chi connectivity index (χ3n) is 6.73. The van der Waals surface area contributed by atoms with Crippen LogP contribution in [0.5, 0.6) is 0 Å². The number of amidine groups is 1. The predicted molar refractivity (Wildman–Crippen MR) is 146 cm³/mol. The van der Waals surface area contributed by atoms with Gasteiger partial charge in [-0.05, 0) is 37.5 Å². The molecular formula is C27H35ClN6O2. The van der Waals surface area contributed by atoms with E-state index in [-0.39, 0.29) is 16.9 Å². The van der Waals surface area contributed by atoms with Crippen LogP contribution in [0.3, 0.4) is 0 Å². The summed E-state index contributed by atoms with van der Waals surface area (Å²) in [6.45, 7) is 15.1. The fraction of sp³-hybridized carbons (Fsp3) is 0.519. The van der Waals surface area contributed by atoms with E-state index in [0.29, 0.717) is 30.4 Å². The number of halogens is 1. The number of hydrogen-bond donors (Lipinski definition) is 2. The number of H-pyrrole nitrogens is 1. The minimum atomic E-state index is -0.446. The first-order valence-corrected chi connectivity index (χ1v) is 12.9. The number of morpholine rings is 1. The summed E-state index contributed by atoms with van der Waals surface area (Å²) in [6, 6.07) is 5.19. The van der Waals surface area contributed by atoms with Crippen molar-refractivity contribution in [2.24, 2.45) is 10.4 Å². The minimum Gasteiger partial charge on any atom is -0.372 e. The molecule has 2 N–H and O–H groups in total. The third-order valence-corrected chi connectivity index (χ3v) is 6.95. The van der Waals surface area contributed by atoms with Crippen LogP contribution in [0.2, 0.25) is 5.02 Å². The quantitative estimate of drug-likeness (QED) is 0.526. The van der Waals surface area contributed by atoms with Crippen molar-refractivity contribution in [3.63, 3.8) is 0 Å². The summed E-state index contributed by atoms with van der Waals surface area (Å²) < 4.78 is 6.10. The Balaban J connectivity index is 1.40. The van der Waals surface area contributed by atoms with Gasteiger partial charge in [-0.2, -0.15) is 0 Å². The van der Waals surface area contributed by atoms with Gasteiger partial charge in [0.05, 0.1) is 48.2 Å². The molecule has 192 valence electrons. The van der Waals surface area contributed by atoms with Crippen molar-refractivity contribution in [1.29, 1.82) is 0 Å². The molecule has 1 atom stereocenters.